The highest BCUT2D eigenvalue weighted by Gasteiger charge is 2.28. The summed E-state index contributed by atoms with van der Waals surface area (Å²) in [6, 6.07) is 12.2. The summed E-state index contributed by atoms with van der Waals surface area (Å²) in [7, 11) is 3.35. The summed E-state index contributed by atoms with van der Waals surface area (Å²) < 4.78 is 18.6. The average molecular weight is 599 g/mol. The fourth-order valence-electron chi connectivity index (χ4n) is 5.66. The fourth-order valence-corrected chi connectivity index (χ4v) is 5.66. The summed E-state index contributed by atoms with van der Waals surface area (Å²) in [5.74, 6) is 2.62. The van der Waals surface area contributed by atoms with E-state index in [0.29, 0.717) is 24.9 Å². The molecule has 2 aromatic carbocycles. The number of amides is 1. The molecule has 0 spiro atoms. The smallest absolute Gasteiger partial charge is 0.410 e. The third-order valence-electron chi connectivity index (χ3n) is 8.26. The maximum Gasteiger partial charge on any atom is 0.410 e. The lowest BCUT2D eigenvalue weighted by molar-refractivity contribution is 0.0177. The van der Waals surface area contributed by atoms with Crippen LogP contribution in [0.25, 0.3) is 22.3 Å². The molecule has 2 aliphatic rings. The second-order valence-corrected chi connectivity index (χ2v) is 12.9. The second kappa shape index (κ2) is 12.3. The van der Waals surface area contributed by atoms with Crippen LogP contribution in [-0.4, -0.2) is 70.2 Å². The molecule has 1 aliphatic heterocycles. The minimum absolute atomic E-state index is 0.228. The number of fused-ring (bicyclic) bond motifs is 1. The normalized spacial score (nSPS) is 15.8. The number of nitrogens with zero attached hydrogens (tertiary/aromatic N) is 6. The number of likely N-dealkylation sites (tertiary alicyclic amines) is 1. The van der Waals surface area contributed by atoms with Gasteiger partial charge in [0, 0.05) is 67.5 Å². The number of methoxy groups -OCH3 is 2. The van der Waals surface area contributed by atoms with Crippen molar-refractivity contribution in [2.24, 2.45) is 11.8 Å². The van der Waals surface area contributed by atoms with Gasteiger partial charge in [-0.1, -0.05) is 0 Å². The molecule has 0 radical (unpaired) electrons. The van der Waals surface area contributed by atoms with E-state index in [1.54, 1.807) is 14.2 Å². The molecule has 0 unspecified atom stereocenters. The quantitative estimate of drug-likeness (QED) is 0.210. The second-order valence-electron chi connectivity index (χ2n) is 12.9. The van der Waals surface area contributed by atoms with E-state index in [2.05, 4.69) is 22.1 Å². The minimum Gasteiger partial charge on any atom is -0.497 e. The van der Waals surface area contributed by atoms with E-state index < -0.39 is 5.60 Å². The van der Waals surface area contributed by atoms with Crippen LogP contribution in [0.2, 0.25) is 0 Å². The molecule has 44 heavy (non-hydrogen) atoms. The molecule has 0 N–H and O–H groups in total. The van der Waals surface area contributed by atoms with Crippen LogP contribution in [0.1, 0.15) is 46.5 Å². The van der Waals surface area contributed by atoms with Gasteiger partial charge in [0.15, 0.2) is 0 Å². The highest BCUT2D eigenvalue weighted by Crippen LogP contribution is 2.39. The highest BCUT2D eigenvalue weighted by atomic mass is 16.6. The van der Waals surface area contributed by atoms with Gasteiger partial charge >= 0.3 is 6.09 Å². The summed E-state index contributed by atoms with van der Waals surface area (Å²) >= 11 is 0. The summed E-state index contributed by atoms with van der Waals surface area (Å²) in [4.78, 5) is 26.3. The maximum absolute atomic E-state index is 12.4. The first-order chi connectivity index (χ1) is 21.2. The number of piperidine rings is 1. The van der Waals surface area contributed by atoms with Crippen molar-refractivity contribution in [2.75, 3.05) is 38.8 Å². The van der Waals surface area contributed by atoms with Crippen molar-refractivity contribution >= 4 is 28.5 Å². The first-order valence-electron chi connectivity index (χ1n) is 15.5. The van der Waals surface area contributed by atoms with E-state index in [1.807, 2.05) is 73.2 Å². The van der Waals surface area contributed by atoms with E-state index in [1.165, 1.54) is 12.8 Å². The van der Waals surface area contributed by atoms with Crippen LogP contribution < -0.4 is 14.4 Å². The SMILES string of the molecule is COc1cc(OC)cc(N(CC2CC2)c2ccc3ncc(-c4cnn(CC5CCN(C(=O)OC(C)(C)C)CC5)c4)nc3c2)c1. The molecule has 3 heterocycles. The molecule has 10 heteroatoms. The molecular formula is C34H42N6O4. The summed E-state index contributed by atoms with van der Waals surface area (Å²) in [6.07, 6.45) is 9.81. The van der Waals surface area contributed by atoms with E-state index >= 15 is 0 Å². The van der Waals surface area contributed by atoms with Crippen molar-refractivity contribution in [1.29, 1.82) is 0 Å². The zero-order valence-corrected chi connectivity index (χ0v) is 26.3. The number of rotatable bonds is 9. The molecule has 0 atom stereocenters. The molecule has 232 valence electrons. The zero-order valence-electron chi connectivity index (χ0n) is 26.3. The number of hydrogen-bond acceptors (Lipinski definition) is 8. The monoisotopic (exact) mass is 598 g/mol. The molecule has 10 nitrogen and oxygen atoms in total. The molecule has 1 saturated carbocycles. The van der Waals surface area contributed by atoms with Crippen LogP contribution in [-0.2, 0) is 11.3 Å². The van der Waals surface area contributed by atoms with Crippen molar-refractivity contribution in [2.45, 2.75) is 58.6 Å². The first kappa shape index (κ1) is 29.7. The van der Waals surface area contributed by atoms with Crippen molar-refractivity contribution in [3.05, 3.63) is 55.0 Å². The van der Waals surface area contributed by atoms with E-state index in [4.69, 9.17) is 24.2 Å². The highest BCUT2D eigenvalue weighted by molar-refractivity contribution is 5.82. The topological polar surface area (TPSA) is 94.8 Å². The van der Waals surface area contributed by atoms with Gasteiger partial charge < -0.3 is 24.0 Å². The lowest BCUT2D eigenvalue weighted by Crippen LogP contribution is -2.42. The Morgan fingerprint density at radius 1 is 0.909 bits per heavy atom. The Balaban J connectivity index is 1.18. The van der Waals surface area contributed by atoms with Gasteiger partial charge in [-0.25, -0.2) is 9.78 Å². The number of benzene rings is 2. The van der Waals surface area contributed by atoms with Crippen molar-refractivity contribution < 1.29 is 19.0 Å². The van der Waals surface area contributed by atoms with Gasteiger partial charge in [0.25, 0.3) is 0 Å². The lowest BCUT2D eigenvalue weighted by atomic mass is 9.97. The van der Waals surface area contributed by atoms with Crippen molar-refractivity contribution in [3.63, 3.8) is 0 Å². The molecule has 2 fully saturated rings. The Kier molecular flexibility index (Phi) is 8.33. The Labute approximate surface area is 258 Å². The van der Waals surface area contributed by atoms with Gasteiger partial charge in [-0.2, -0.15) is 5.10 Å². The summed E-state index contributed by atoms with van der Waals surface area (Å²) in [5, 5.41) is 4.64. The van der Waals surface area contributed by atoms with Gasteiger partial charge in [0.05, 0.1) is 43.3 Å². The van der Waals surface area contributed by atoms with E-state index in [-0.39, 0.29) is 6.09 Å². The van der Waals surface area contributed by atoms with Gasteiger partial charge in [0.2, 0.25) is 0 Å². The molecular weight excluding hydrogens is 556 g/mol. The fraction of sp³-hybridized carbons (Fsp3) is 0.471. The number of anilines is 2. The van der Waals surface area contributed by atoms with Crippen LogP contribution >= 0.6 is 0 Å². The molecule has 1 aliphatic carbocycles. The van der Waals surface area contributed by atoms with Crippen LogP contribution in [0.4, 0.5) is 16.2 Å². The standard InChI is InChI=1S/C34H42N6O4/c1-34(2,3)44-33(41)38-12-10-24(11-13-38)20-39-22-25(18-36-39)32-19-35-30-9-8-26(16-31(30)37-32)40(21-23-6-7-23)27-14-28(42-4)17-29(15-27)43-5/h8-9,14-19,22-24H,6-7,10-13,20-21H2,1-5H3. The first-order valence-corrected chi connectivity index (χ1v) is 15.5. The third kappa shape index (κ3) is 7.06. The van der Waals surface area contributed by atoms with E-state index in [0.717, 1.165) is 71.1 Å². The molecule has 4 aromatic rings. The van der Waals surface area contributed by atoms with Crippen LogP contribution in [0.5, 0.6) is 11.5 Å². The van der Waals surface area contributed by atoms with Gasteiger partial charge in [-0.05, 0) is 76.5 Å². The van der Waals surface area contributed by atoms with E-state index in [9.17, 15) is 4.79 Å². The average Bonchev–Trinajstić information content (AvgIpc) is 3.73. The summed E-state index contributed by atoms with van der Waals surface area (Å²) in [5.41, 5.74) is 5.00. The zero-order chi connectivity index (χ0) is 30.8. The predicted molar refractivity (Wildman–Crippen MR) is 171 cm³/mol. The van der Waals surface area contributed by atoms with Crippen LogP contribution in [0, 0.1) is 11.8 Å². The number of carbonyl (C=O) groups excluding carboxylic acids is 1. The minimum atomic E-state index is -0.479. The lowest BCUT2D eigenvalue weighted by Gasteiger charge is -2.33. The van der Waals surface area contributed by atoms with Crippen molar-refractivity contribution in [1.82, 2.24) is 24.6 Å². The summed E-state index contributed by atoms with van der Waals surface area (Å²) in [6.45, 7) is 8.81. The molecule has 1 amide bonds. The number of hydrogen-bond donors (Lipinski definition) is 0. The molecule has 1 saturated heterocycles. The molecule has 0 bridgehead atoms. The van der Waals surface area contributed by atoms with Crippen molar-refractivity contribution in [3.8, 4) is 22.8 Å². The number of carbonyl (C=O) groups is 1. The third-order valence-corrected chi connectivity index (χ3v) is 8.26. The maximum atomic E-state index is 12.4. The van der Waals surface area contributed by atoms with Gasteiger partial charge in [-0.15, -0.1) is 0 Å². The van der Waals surface area contributed by atoms with Gasteiger partial charge in [0.1, 0.15) is 17.1 Å². The molecule has 2 aromatic heterocycles. The number of ether oxygens (including phenoxy) is 3. The predicted octanol–water partition coefficient (Wildman–Crippen LogP) is 6.71. The van der Waals surface area contributed by atoms with Gasteiger partial charge in [-0.3, -0.25) is 9.67 Å². The van der Waals surface area contributed by atoms with Crippen LogP contribution in [0.15, 0.2) is 55.0 Å². The Bertz CT molecular complexity index is 1600. The Morgan fingerprint density at radius 3 is 2.30 bits per heavy atom. The Morgan fingerprint density at radius 2 is 1.64 bits per heavy atom. The largest absolute Gasteiger partial charge is 0.497 e. The number of aromatic nitrogens is 4. The Hall–Kier alpha value is -4.34. The van der Waals surface area contributed by atoms with Crippen LogP contribution in [0.3, 0.4) is 0 Å². The molecule has 6 rings (SSSR count).